The Hall–Kier alpha value is -1.20. The maximum atomic E-state index is 14.0. The van der Waals surface area contributed by atoms with Gasteiger partial charge in [0.2, 0.25) is 0 Å². The molecule has 2 rings (SSSR count). The quantitative estimate of drug-likeness (QED) is 0.903. The fourth-order valence-electron chi connectivity index (χ4n) is 2.57. The summed E-state index contributed by atoms with van der Waals surface area (Å²) >= 11 is 0. The van der Waals surface area contributed by atoms with E-state index >= 15 is 0 Å². The van der Waals surface area contributed by atoms with Crippen LogP contribution in [0.1, 0.15) is 31.7 Å². The smallest absolute Gasteiger partial charge is 0.149 e. The second kappa shape index (κ2) is 6.99. The molecule has 1 saturated heterocycles. The molecular weight excluding hydrogens is 264 g/mol. The van der Waals surface area contributed by atoms with Gasteiger partial charge in [0.15, 0.2) is 0 Å². The van der Waals surface area contributed by atoms with Gasteiger partial charge in [-0.05, 0) is 37.0 Å². The Morgan fingerprint density at radius 2 is 2.05 bits per heavy atom. The van der Waals surface area contributed by atoms with E-state index in [0.29, 0.717) is 19.7 Å². The van der Waals surface area contributed by atoms with Gasteiger partial charge in [0.25, 0.3) is 0 Å². The third-order valence-electron chi connectivity index (χ3n) is 3.51. The van der Waals surface area contributed by atoms with Gasteiger partial charge in [-0.3, -0.25) is 0 Å². The van der Waals surface area contributed by atoms with Crippen LogP contribution in [0.4, 0.5) is 14.5 Å². The number of nitrogens with zero attached hydrogens (tertiary/aromatic N) is 1. The molecule has 1 aromatic carbocycles. The fourth-order valence-corrected chi connectivity index (χ4v) is 2.57. The third-order valence-corrected chi connectivity index (χ3v) is 3.51. The first-order chi connectivity index (χ1) is 9.65. The van der Waals surface area contributed by atoms with Crippen molar-refractivity contribution in [2.75, 3.05) is 24.6 Å². The van der Waals surface area contributed by atoms with E-state index in [1.54, 1.807) is 4.90 Å². The average molecular weight is 285 g/mol. The highest BCUT2D eigenvalue weighted by atomic mass is 19.1. The molecule has 1 fully saturated rings. The molecule has 0 radical (unpaired) electrons. The molecule has 0 aromatic heterocycles. The Labute approximate surface area is 118 Å². The van der Waals surface area contributed by atoms with E-state index in [1.807, 2.05) is 6.92 Å². The number of hydrogen-bond donors (Lipinski definition) is 1. The number of halogens is 2. The molecule has 3 nitrogen and oxygen atoms in total. The summed E-state index contributed by atoms with van der Waals surface area (Å²) in [5, 5.41) is 8.96. The standard InChI is InChI=1S/C15H21F2NO2/c1-2-6-20-12-4-3-5-18(9-12)15-13(16)7-11(10-19)8-14(15)17/h7-8,12,19H,2-6,9-10H2,1H3. The van der Waals surface area contributed by atoms with Gasteiger partial charge >= 0.3 is 0 Å². The summed E-state index contributed by atoms with van der Waals surface area (Å²) in [7, 11) is 0. The number of benzene rings is 1. The molecule has 0 spiro atoms. The fraction of sp³-hybridized carbons (Fsp3) is 0.600. The number of anilines is 1. The Balaban J connectivity index is 2.14. The predicted octanol–water partition coefficient (Wildman–Crippen LogP) is 2.85. The Kier molecular flexibility index (Phi) is 5.31. The van der Waals surface area contributed by atoms with E-state index in [0.717, 1.165) is 19.3 Å². The molecule has 0 bridgehead atoms. The van der Waals surface area contributed by atoms with Crippen LogP contribution in [0.15, 0.2) is 12.1 Å². The van der Waals surface area contributed by atoms with Crippen molar-refractivity contribution in [2.45, 2.75) is 38.9 Å². The van der Waals surface area contributed by atoms with Crippen molar-refractivity contribution >= 4 is 5.69 Å². The molecule has 1 unspecified atom stereocenters. The summed E-state index contributed by atoms with van der Waals surface area (Å²) in [6.45, 7) is 3.47. The van der Waals surface area contributed by atoms with Crippen molar-refractivity contribution in [3.05, 3.63) is 29.3 Å². The molecule has 0 aliphatic carbocycles. The second-order valence-corrected chi connectivity index (χ2v) is 5.15. The summed E-state index contributed by atoms with van der Waals surface area (Å²) in [4.78, 5) is 1.70. The lowest BCUT2D eigenvalue weighted by Gasteiger charge is -2.34. The minimum absolute atomic E-state index is 0.00741. The summed E-state index contributed by atoms with van der Waals surface area (Å²) in [6, 6.07) is 2.38. The zero-order chi connectivity index (χ0) is 14.5. The van der Waals surface area contributed by atoms with Gasteiger partial charge < -0.3 is 14.7 Å². The number of aliphatic hydroxyl groups excluding tert-OH is 1. The van der Waals surface area contributed by atoms with Crippen LogP contribution < -0.4 is 4.90 Å². The molecule has 20 heavy (non-hydrogen) atoms. The number of rotatable bonds is 5. The van der Waals surface area contributed by atoms with Gasteiger partial charge in [-0.2, -0.15) is 0 Å². The first kappa shape index (κ1) is 15.2. The van der Waals surface area contributed by atoms with Crippen molar-refractivity contribution in [3.8, 4) is 0 Å². The molecule has 112 valence electrons. The number of hydrogen-bond acceptors (Lipinski definition) is 3. The second-order valence-electron chi connectivity index (χ2n) is 5.15. The first-order valence-corrected chi connectivity index (χ1v) is 7.11. The average Bonchev–Trinajstić information content (AvgIpc) is 2.44. The SMILES string of the molecule is CCCOC1CCCN(c2c(F)cc(CO)cc2F)C1. The molecule has 1 heterocycles. The molecule has 0 amide bonds. The van der Waals surface area contributed by atoms with Crippen molar-refractivity contribution < 1.29 is 18.6 Å². The third kappa shape index (κ3) is 3.46. The largest absolute Gasteiger partial charge is 0.392 e. The lowest BCUT2D eigenvalue weighted by atomic mass is 10.1. The topological polar surface area (TPSA) is 32.7 Å². The van der Waals surface area contributed by atoms with Crippen molar-refractivity contribution in [1.82, 2.24) is 0 Å². The lowest BCUT2D eigenvalue weighted by Crippen LogP contribution is -2.40. The Morgan fingerprint density at radius 1 is 1.35 bits per heavy atom. The minimum Gasteiger partial charge on any atom is -0.392 e. The van der Waals surface area contributed by atoms with Crippen LogP contribution in [-0.4, -0.2) is 30.9 Å². The molecule has 1 N–H and O–H groups in total. The molecular formula is C15H21F2NO2. The van der Waals surface area contributed by atoms with E-state index in [4.69, 9.17) is 9.84 Å². The maximum absolute atomic E-state index is 14.0. The van der Waals surface area contributed by atoms with E-state index < -0.39 is 11.6 Å². The Bertz CT molecular complexity index is 430. The van der Waals surface area contributed by atoms with E-state index in [9.17, 15) is 8.78 Å². The molecule has 1 aromatic rings. The highest BCUT2D eigenvalue weighted by Crippen LogP contribution is 2.28. The monoisotopic (exact) mass is 285 g/mol. The molecule has 1 aliphatic heterocycles. The van der Waals surface area contributed by atoms with Crippen molar-refractivity contribution in [1.29, 1.82) is 0 Å². The van der Waals surface area contributed by atoms with Crippen molar-refractivity contribution in [3.63, 3.8) is 0 Å². The molecule has 1 aliphatic rings. The van der Waals surface area contributed by atoms with E-state index in [-0.39, 0.29) is 24.0 Å². The first-order valence-electron chi connectivity index (χ1n) is 7.11. The van der Waals surface area contributed by atoms with Crippen molar-refractivity contribution in [2.24, 2.45) is 0 Å². The van der Waals surface area contributed by atoms with Gasteiger partial charge in [0.1, 0.15) is 17.3 Å². The predicted molar refractivity (Wildman–Crippen MR) is 73.8 cm³/mol. The van der Waals surface area contributed by atoms with Gasteiger partial charge in [0.05, 0.1) is 12.7 Å². The van der Waals surface area contributed by atoms with Crippen LogP contribution in [0.5, 0.6) is 0 Å². The van der Waals surface area contributed by atoms with Gasteiger partial charge in [-0.1, -0.05) is 6.92 Å². The summed E-state index contributed by atoms with van der Waals surface area (Å²) < 4.78 is 33.7. The maximum Gasteiger partial charge on any atom is 0.149 e. The zero-order valence-electron chi connectivity index (χ0n) is 11.7. The minimum atomic E-state index is -0.620. The normalized spacial score (nSPS) is 19.4. The summed E-state index contributed by atoms with van der Waals surface area (Å²) in [6.07, 6.45) is 2.74. The number of piperidine rings is 1. The van der Waals surface area contributed by atoms with Crippen LogP contribution in [0.2, 0.25) is 0 Å². The van der Waals surface area contributed by atoms with Gasteiger partial charge in [-0.15, -0.1) is 0 Å². The molecule has 5 heteroatoms. The Morgan fingerprint density at radius 3 is 2.65 bits per heavy atom. The zero-order valence-corrected chi connectivity index (χ0v) is 11.7. The van der Waals surface area contributed by atoms with Gasteiger partial charge in [-0.25, -0.2) is 8.78 Å². The highest BCUT2D eigenvalue weighted by Gasteiger charge is 2.25. The number of aliphatic hydroxyl groups is 1. The lowest BCUT2D eigenvalue weighted by molar-refractivity contribution is 0.0438. The van der Waals surface area contributed by atoms with Crippen LogP contribution in [0, 0.1) is 11.6 Å². The van der Waals surface area contributed by atoms with E-state index in [1.165, 1.54) is 12.1 Å². The van der Waals surface area contributed by atoms with Crippen LogP contribution in [0.3, 0.4) is 0 Å². The molecule has 1 atom stereocenters. The van der Waals surface area contributed by atoms with Crippen LogP contribution >= 0.6 is 0 Å². The highest BCUT2D eigenvalue weighted by molar-refractivity contribution is 5.51. The van der Waals surface area contributed by atoms with Gasteiger partial charge in [0, 0.05) is 19.7 Å². The number of ether oxygens (including phenoxy) is 1. The van der Waals surface area contributed by atoms with Crippen LogP contribution in [0.25, 0.3) is 0 Å². The molecule has 0 saturated carbocycles. The summed E-state index contributed by atoms with van der Waals surface area (Å²) in [5.74, 6) is -1.24. The van der Waals surface area contributed by atoms with Crippen LogP contribution in [-0.2, 0) is 11.3 Å². The summed E-state index contributed by atoms with van der Waals surface area (Å²) in [5.41, 5.74) is 0.242. The van der Waals surface area contributed by atoms with E-state index in [2.05, 4.69) is 0 Å².